The molecule has 0 aliphatic carbocycles. The Labute approximate surface area is 140 Å². The summed E-state index contributed by atoms with van der Waals surface area (Å²) in [5.41, 5.74) is 3.90. The topological polar surface area (TPSA) is 171 Å². The van der Waals surface area contributed by atoms with Crippen molar-refractivity contribution in [1.82, 2.24) is 9.55 Å². The van der Waals surface area contributed by atoms with Crippen molar-refractivity contribution in [3.05, 3.63) is 33.1 Å². The molecule has 1 aliphatic rings. The molecule has 0 unspecified atom stereocenters. The first kappa shape index (κ1) is 19.1. The number of aliphatic hydroxyl groups is 4. The molecule has 0 saturated carbocycles. The minimum atomic E-state index is -1.35. The summed E-state index contributed by atoms with van der Waals surface area (Å²) in [5.74, 6) is 0.394. The highest BCUT2D eigenvalue weighted by Crippen LogP contribution is 2.30. The Bertz CT molecular complexity index is 651. The SMILES string of the molecule is NC[C@H](O)[C@@H](O)CSC[C@H]1O[C@@H](n2ccc(=O)[nH]c2=O)[C@H](O)[C@@H]1O. The second-order valence-corrected chi connectivity index (χ2v) is 6.55. The average molecular weight is 363 g/mol. The fourth-order valence-electron chi connectivity index (χ4n) is 2.30. The van der Waals surface area contributed by atoms with E-state index in [1.807, 2.05) is 4.98 Å². The van der Waals surface area contributed by atoms with Crippen LogP contribution in [0.15, 0.2) is 21.9 Å². The van der Waals surface area contributed by atoms with Crippen LogP contribution >= 0.6 is 11.8 Å². The van der Waals surface area contributed by atoms with E-state index in [4.69, 9.17) is 10.5 Å². The van der Waals surface area contributed by atoms with Gasteiger partial charge in [-0.1, -0.05) is 0 Å². The van der Waals surface area contributed by atoms with Gasteiger partial charge in [-0.3, -0.25) is 14.3 Å². The average Bonchev–Trinajstić information content (AvgIpc) is 2.82. The van der Waals surface area contributed by atoms with Crippen molar-refractivity contribution in [3.63, 3.8) is 0 Å². The zero-order valence-corrected chi connectivity index (χ0v) is 13.5. The Morgan fingerprint density at radius 1 is 1.29 bits per heavy atom. The molecule has 0 bridgehead atoms. The number of nitrogens with one attached hydrogen (secondary N) is 1. The first-order valence-corrected chi connectivity index (χ1v) is 8.47. The molecule has 7 N–H and O–H groups in total. The fourth-order valence-corrected chi connectivity index (χ4v) is 3.41. The molecule has 0 spiro atoms. The smallest absolute Gasteiger partial charge is 0.330 e. The molecule has 1 saturated heterocycles. The lowest BCUT2D eigenvalue weighted by molar-refractivity contribution is -0.0341. The predicted molar refractivity (Wildman–Crippen MR) is 85.6 cm³/mol. The van der Waals surface area contributed by atoms with Gasteiger partial charge in [-0.2, -0.15) is 11.8 Å². The van der Waals surface area contributed by atoms with Crippen molar-refractivity contribution in [1.29, 1.82) is 0 Å². The van der Waals surface area contributed by atoms with Gasteiger partial charge in [-0.05, 0) is 0 Å². The van der Waals surface area contributed by atoms with E-state index in [-0.39, 0.29) is 18.1 Å². The van der Waals surface area contributed by atoms with Crippen LogP contribution < -0.4 is 17.0 Å². The third-order valence-corrected chi connectivity index (χ3v) is 4.86. The maximum absolute atomic E-state index is 11.8. The highest BCUT2D eigenvalue weighted by Gasteiger charge is 2.43. The van der Waals surface area contributed by atoms with Crippen LogP contribution in [0.3, 0.4) is 0 Å². The van der Waals surface area contributed by atoms with Gasteiger partial charge in [0.1, 0.15) is 12.2 Å². The van der Waals surface area contributed by atoms with Crippen LogP contribution in [0.1, 0.15) is 6.23 Å². The number of thioether (sulfide) groups is 1. The van der Waals surface area contributed by atoms with E-state index in [1.165, 1.54) is 18.0 Å². The van der Waals surface area contributed by atoms with Crippen LogP contribution in [0.5, 0.6) is 0 Å². The van der Waals surface area contributed by atoms with Crippen molar-refractivity contribution in [2.45, 2.75) is 36.7 Å². The predicted octanol–water partition coefficient (Wildman–Crippen LogP) is -3.43. The zero-order chi connectivity index (χ0) is 17.9. The Morgan fingerprint density at radius 2 is 2.00 bits per heavy atom. The fraction of sp³-hybridized carbons (Fsp3) is 0.692. The molecule has 11 heteroatoms. The minimum Gasteiger partial charge on any atom is -0.390 e. The van der Waals surface area contributed by atoms with Crippen molar-refractivity contribution >= 4 is 11.8 Å². The lowest BCUT2D eigenvalue weighted by Crippen LogP contribution is -2.37. The molecule has 0 amide bonds. The molecule has 1 aromatic heterocycles. The second-order valence-electron chi connectivity index (χ2n) is 5.47. The van der Waals surface area contributed by atoms with E-state index < -0.39 is 48.0 Å². The first-order valence-electron chi connectivity index (χ1n) is 7.32. The van der Waals surface area contributed by atoms with Gasteiger partial charge in [-0.25, -0.2) is 4.79 Å². The Balaban J connectivity index is 1.97. The number of aromatic amines is 1. The maximum Gasteiger partial charge on any atom is 0.330 e. The Kier molecular flexibility index (Phi) is 6.57. The molecule has 2 heterocycles. The number of H-pyrrole nitrogens is 1. The van der Waals surface area contributed by atoms with Gasteiger partial charge in [0.15, 0.2) is 6.23 Å². The van der Waals surface area contributed by atoms with Crippen LogP contribution in [0.25, 0.3) is 0 Å². The summed E-state index contributed by atoms with van der Waals surface area (Å²) in [7, 11) is 0. The number of ether oxygens (including phenoxy) is 1. The van der Waals surface area contributed by atoms with Gasteiger partial charge in [0.2, 0.25) is 0 Å². The van der Waals surface area contributed by atoms with Gasteiger partial charge < -0.3 is 30.9 Å². The number of aromatic nitrogens is 2. The Hall–Kier alpha value is -1.21. The number of nitrogens with zero attached hydrogens (tertiary/aromatic N) is 1. The molecular formula is C13H21N3O7S. The molecule has 24 heavy (non-hydrogen) atoms. The number of aliphatic hydroxyl groups excluding tert-OH is 4. The molecule has 136 valence electrons. The van der Waals surface area contributed by atoms with Crippen LogP contribution in [-0.4, -0.2) is 78.5 Å². The van der Waals surface area contributed by atoms with Crippen molar-refractivity contribution in [2.75, 3.05) is 18.1 Å². The molecule has 1 aromatic rings. The highest BCUT2D eigenvalue weighted by molar-refractivity contribution is 7.99. The van der Waals surface area contributed by atoms with Crippen LogP contribution in [0.2, 0.25) is 0 Å². The lowest BCUT2D eigenvalue weighted by Gasteiger charge is -2.18. The van der Waals surface area contributed by atoms with E-state index in [0.717, 1.165) is 10.6 Å². The number of hydrogen-bond acceptors (Lipinski definition) is 9. The monoisotopic (exact) mass is 363 g/mol. The van der Waals surface area contributed by atoms with E-state index in [1.54, 1.807) is 0 Å². The normalized spacial score (nSPS) is 29.5. The van der Waals surface area contributed by atoms with Crippen LogP contribution in [0, 0.1) is 0 Å². The van der Waals surface area contributed by atoms with Crippen molar-refractivity contribution < 1.29 is 25.2 Å². The van der Waals surface area contributed by atoms with E-state index in [0.29, 0.717) is 0 Å². The summed E-state index contributed by atoms with van der Waals surface area (Å²) in [6.07, 6.45) is -5.37. The summed E-state index contributed by atoms with van der Waals surface area (Å²) in [6.45, 7) is -0.0693. The molecule has 6 atom stereocenters. The zero-order valence-electron chi connectivity index (χ0n) is 12.7. The molecule has 0 radical (unpaired) electrons. The van der Waals surface area contributed by atoms with Crippen molar-refractivity contribution in [3.8, 4) is 0 Å². The maximum atomic E-state index is 11.8. The summed E-state index contributed by atoms with van der Waals surface area (Å²) < 4.78 is 6.51. The molecular weight excluding hydrogens is 342 g/mol. The molecule has 1 fully saturated rings. The number of nitrogens with two attached hydrogens (primary N) is 1. The minimum absolute atomic E-state index is 0.0693. The van der Waals surface area contributed by atoms with Gasteiger partial charge in [0.05, 0.1) is 18.3 Å². The quantitative estimate of drug-likeness (QED) is 0.288. The highest BCUT2D eigenvalue weighted by atomic mass is 32.2. The molecule has 1 aliphatic heterocycles. The molecule has 10 nitrogen and oxygen atoms in total. The van der Waals surface area contributed by atoms with Crippen molar-refractivity contribution in [2.24, 2.45) is 5.73 Å². The summed E-state index contributed by atoms with van der Waals surface area (Å²) in [4.78, 5) is 24.9. The third-order valence-electron chi connectivity index (χ3n) is 3.72. The van der Waals surface area contributed by atoms with Gasteiger partial charge >= 0.3 is 5.69 Å². The standard InChI is InChI=1S/C13H21N3O7S/c14-3-6(17)7(18)4-24-5-8-10(20)11(21)12(23-8)16-2-1-9(19)15-13(16)22/h1-2,6-8,10-12,17-18,20-21H,3-5,14H2,(H,15,19,22)/t6-,7-,8+,10+,11+,12+/m0/s1. The van der Waals surface area contributed by atoms with E-state index in [2.05, 4.69) is 0 Å². The number of hydrogen-bond donors (Lipinski definition) is 6. The summed E-state index contributed by atoms with van der Waals surface area (Å²) in [6, 6.07) is 1.11. The van der Waals surface area contributed by atoms with Crippen LogP contribution in [-0.2, 0) is 4.74 Å². The van der Waals surface area contributed by atoms with Gasteiger partial charge in [0.25, 0.3) is 5.56 Å². The number of rotatable bonds is 7. The third kappa shape index (κ3) is 4.25. The second kappa shape index (κ2) is 8.25. The van der Waals surface area contributed by atoms with E-state index in [9.17, 15) is 30.0 Å². The summed E-state index contributed by atoms with van der Waals surface area (Å²) >= 11 is 1.21. The Morgan fingerprint density at radius 3 is 2.62 bits per heavy atom. The lowest BCUT2D eigenvalue weighted by atomic mass is 10.1. The van der Waals surface area contributed by atoms with Crippen LogP contribution in [0.4, 0.5) is 0 Å². The summed E-state index contributed by atoms with van der Waals surface area (Å²) in [5, 5.41) is 39.1. The van der Waals surface area contributed by atoms with E-state index >= 15 is 0 Å². The largest absolute Gasteiger partial charge is 0.390 e. The first-order chi connectivity index (χ1) is 11.3. The molecule has 2 rings (SSSR count). The van der Waals surface area contributed by atoms with Gasteiger partial charge in [-0.15, -0.1) is 0 Å². The molecule has 0 aromatic carbocycles. The van der Waals surface area contributed by atoms with Gasteiger partial charge in [0, 0.05) is 30.3 Å².